The van der Waals surface area contributed by atoms with Crippen LogP contribution >= 0.6 is 11.6 Å². The van der Waals surface area contributed by atoms with E-state index in [4.69, 9.17) is 21.4 Å². The van der Waals surface area contributed by atoms with Crippen molar-refractivity contribution in [1.82, 2.24) is 4.90 Å². The number of carboxylic acids is 1. The number of carboxylic acid groups (broad SMARTS) is 1. The molecule has 1 heterocycles. The minimum Gasteiger partial charge on any atom is -0.482 e. The van der Waals surface area contributed by atoms with E-state index in [1.54, 1.807) is 0 Å². The van der Waals surface area contributed by atoms with Crippen LogP contribution in [0.5, 0.6) is 5.75 Å². The normalized spacial score (nSPS) is 18.4. The molecule has 0 spiro atoms. The fourth-order valence-electron chi connectivity index (χ4n) is 2.23. The van der Waals surface area contributed by atoms with Gasteiger partial charge < -0.3 is 14.7 Å². The molecule has 0 aliphatic carbocycles. The number of likely N-dealkylation sites (tertiary alicyclic amines) is 1. The Kier molecular flexibility index (Phi) is 5.01. The lowest BCUT2D eigenvalue weighted by molar-refractivity contribution is -0.146. The average Bonchev–Trinajstić information content (AvgIpc) is 2.46. The smallest absolute Gasteiger partial charge is 0.308 e. The molecular weight excluding hydrogens is 301 g/mol. The molecule has 1 aliphatic rings. The van der Waals surface area contributed by atoms with E-state index in [0.717, 1.165) is 6.07 Å². The van der Waals surface area contributed by atoms with Gasteiger partial charge in [0.15, 0.2) is 6.61 Å². The molecule has 1 aromatic carbocycles. The molecule has 0 unspecified atom stereocenters. The Bertz CT molecular complexity index is 552. The summed E-state index contributed by atoms with van der Waals surface area (Å²) in [5.41, 5.74) is 0. The molecule has 7 heteroatoms. The first kappa shape index (κ1) is 15.6. The van der Waals surface area contributed by atoms with E-state index < -0.39 is 17.7 Å². The molecule has 1 aliphatic heterocycles. The number of benzene rings is 1. The standard InChI is InChI=1S/C14H15ClFNO4/c15-11-6-10(16)3-4-12(11)21-8-13(18)17-5-1-2-9(7-17)14(19)20/h3-4,6,9H,1-2,5,7-8H2,(H,19,20)/t9-/m0/s1. The van der Waals surface area contributed by atoms with Crippen molar-refractivity contribution < 1.29 is 23.8 Å². The summed E-state index contributed by atoms with van der Waals surface area (Å²) in [5, 5.41) is 9.07. The van der Waals surface area contributed by atoms with Crippen LogP contribution in [0.15, 0.2) is 18.2 Å². The number of hydrogen-bond acceptors (Lipinski definition) is 3. The molecule has 0 aromatic heterocycles. The van der Waals surface area contributed by atoms with Crippen LogP contribution in [0, 0.1) is 11.7 Å². The van der Waals surface area contributed by atoms with Crippen molar-refractivity contribution in [2.75, 3.05) is 19.7 Å². The molecule has 1 amide bonds. The van der Waals surface area contributed by atoms with Gasteiger partial charge in [-0.1, -0.05) is 11.6 Å². The summed E-state index contributed by atoms with van der Waals surface area (Å²) in [5.74, 6) is -1.99. The molecule has 0 radical (unpaired) electrons. The molecular formula is C14H15ClFNO4. The van der Waals surface area contributed by atoms with Gasteiger partial charge in [0, 0.05) is 13.1 Å². The molecule has 1 aromatic rings. The van der Waals surface area contributed by atoms with Crippen molar-refractivity contribution in [2.45, 2.75) is 12.8 Å². The predicted octanol–water partition coefficient (Wildman–Crippen LogP) is 2.18. The quantitative estimate of drug-likeness (QED) is 0.925. The Morgan fingerprint density at radius 2 is 2.24 bits per heavy atom. The van der Waals surface area contributed by atoms with E-state index in [-0.39, 0.29) is 29.8 Å². The molecule has 2 rings (SSSR count). The lowest BCUT2D eigenvalue weighted by Crippen LogP contribution is -2.44. The second-order valence-electron chi connectivity index (χ2n) is 4.88. The van der Waals surface area contributed by atoms with Crippen LogP contribution in [0.3, 0.4) is 0 Å². The minimum absolute atomic E-state index is 0.0878. The highest BCUT2D eigenvalue weighted by Crippen LogP contribution is 2.25. The summed E-state index contributed by atoms with van der Waals surface area (Å²) in [6.45, 7) is 0.454. The second-order valence-corrected chi connectivity index (χ2v) is 5.29. The number of aliphatic carboxylic acids is 1. The minimum atomic E-state index is -0.894. The molecule has 5 nitrogen and oxygen atoms in total. The monoisotopic (exact) mass is 315 g/mol. The zero-order chi connectivity index (χ0) is 15.4. The first-order chi connectivity index (χ1) is 9.97. The number of halogens is 2. The van der Waals surface area contributed by atoms with E-state index in [1.807, 2.05) is 0 Å². The summed E-state index contributed by atoms with van der Waals surface area (Å²) in [6, 6.07) is 3.64. The van der Waals surface area contributed by atoms with E-state index in [0.29, 0.717) is 19.4 Å². The summed E-state index contributed by atoms with van der Waals surface area (Å²) in [4.78, 5) is 24.4. The third kappa shape index (κ3) is 4.07. The largest absolute Gasteiger partial charge is 0.482 e. The van der Waals surface area contributed by atoms with Crippen LogP contribution in [0.2, 0.25) is 5.02 Å². The maximum atomic E-state index is 12.9. The third-order valence-electron chi connectivity index (χ3n) is 3.37. The van der Waals surface area contributed by atoms with Gasteiger partial charge >= 0.3 is 5.97 Å². The number of carbonyl (C=O) groups excluding carboxylic acids is 1. The molecule has 0 saturated carbocycles. The van der Waals surface area contributed by atoms with Gasteiger partial charge in [0.2, 0.25) is 0 Å². The fraction of sp³-hybridized carbons (Fsp3) is 0.429. The summed E-state index contributed by atoms with van der Waals surface area (Å²) >= 11 is 5.80. The average molecular weight is 316 g/mol. The van der Waals surface area contributed by atoms with Crippen molar-refractivity contribution in [3.05, 3.63) is 29.0 Å². The van der Waals surface area contributed by atoms with Gasteiger partial charge in [-0.2, -0.15) is 0 Å². The highest BCUT2D eigenvalue weighted by atomic mass is 35.5. The summed E-state index contributed by atoms with van der Waals surface area (Å²) < 4.78 is 18.2. The Balaban J connectivity index is 1.90. The van der Waals surface area contributed by atoms with Crippen LogP contribution in [-0.2, 0) is 9.59 Å². The van der Waals surface area contributed by atoms with Crippen LogP contribution in [-0.4, -0.2) is 41.6 Å². The number of amides is 1. The second kappa shape index (κ2) is 6.76. The van der Waals surface area contributed by atoms with Gasteiger partial charge in [-0.3, -0.25) is 9.59 Å². The van der Waals surface area contributed by atoms with Crippen molar-refractivity contribution >= 4 is 23.5 Å². The van der Waals surface area contributed by atoms with Crippen LogP contribution < -0.4 is 4.74 Å². The number of ether oxygens (including phenoxy) is 1. The molecule has 0 bridgehead atoms. The Morgan fingerprint density at radius 3 is 2.90 bits per heavy atom. The van der Waals surface area contributed by atoms with Gasteiger partial charge in [-0.05, 0) is 31.0 Å². The Labute approximate surface area is 126 Å². The molecule has 1 atom stereocenters. The highest BCUT2D eigenvalue weighted by molar-refractivity contribution is 6.32. The Morgan fingerprint density at radius 1 is 1.48 bits per heavy atom. The van der Waals surface area contributed by atoms with Gasteiger partial charge in [-0.15, -0.1) is 0 Å². The maximum absolute atomic E-state index is 12.9. The molecule has 1 fully saturated rings. The van der Waals surface area contributed by atoms with Crippen molar-refractivity contribution in [3.63, 3.8) is 0 Å². The number of piperidine rings is 1. The lowest BCUT2D eigenvalue weighted by atomic mass is 9.98. The van der Waals surface area contributed by atoms with Crippen molar-refractivity contribution in [2.24, 2.45) is 5.92 Å². The van der Waals surface area contributed by atoms with Crippen LogP contribution in [0.25, 0.3) is 0 Å². The number of carbonyl (C=O) groups is 2. The first-order valence-electron chi connectivity index (χ1n) is 6.56. The highest BCUT2D eigenvalue weighted by Gasteiger charge is 2.28. The van der Waals surface area contributed by atoms with E-state index in [9.17, 15) is 14.0 Å². The SMILES string of the molecule is O=C(O)[C@H]1CCCN(C(=O)COc2ccc(F)cc2Cl)C1. The summed E-state index contributed by atoms with van der Waals surface area (Å²) in [7, 11) is 0. The fourth-order valence-corrected chi connectivity index (χ4v) is 2.45. The summed E-state index contributed by atoms with van der Waals surface area (Å²) in [6.07, 6.45) is 1.23. The maximum Gasteiger partial charge on any atom is 0.308 e. The first-order valence-corrected chi connectivity index (χ1v) is 6.93. The predicted molar refractivity (Wildman–Crippen MR) is 73.8 cm³/mol. The molecule has 114 valence electrons. The number of nitrogens with zero attached hydrogens (tertiary/aromatic N) is 1. The van der Waals surface area contributed by atoms with Crippen LogP contribution in [0.1, 0.15) is 12.8 Å². The molecule has 1 N–H and O–H groups in total. The zero-order valence-electron chi connectivity index (χ0n) is 11.2. The topological polar surface area (TPSA) is 66.8 Å². The number of rotatable bonds is 4. The molecule has 1 saturated heterocycles. The van der Waals surface area contributed by atoms with Crippen LogP contribution in [0.4, 0.5) is 4.39 Å². The van der Waals surface area contributed by atoms with Gasteiger partial charge in [0.25, 0.3) is 5.91 Å². The van der Waals surface area contributed by atoms with Crippen molar-refractivity contribution in [1.29, 1.82) is 0 Å². The van der Waals surface area contributed by atoms with Crippen molar-refractivity contribution in [3.8, 4) is 5.75 Å². The lowest BCUT2D eigenvalue weighted by Gasteiger charge is -2.30. The third-order valence-corrected chi connectivity index (χ3v) is 3.66. The Hall–Kier alpha value is -1.82. The van der Waals surface area contributed by atoms with Gasteiger partial charge in [0.1, 0.15) is 11.6 Å². The van der Waals surface area contributed by atoms with E-state index >= 15 is 0 Å². The van der Waals surface area contributed by atoms with E-state index in [2.05, 4.69) is 0 Å². The van der Waals surface area contributed by atoms with Gasteiger partial charge in [-0.25, -0.2) is 4.39 Å². The van der Waals surface area contributed by atoms with E-state index in [1.165, 1.54) is 17.0 Å². The molecule has 21 heavy (non-hydrogen) atoms. The van der Waals surface area contributed by atoms with Gasteiger partial charge in [0.05, 0.1) is 10.9 Å². The zero-order valence-corrected chi connectivity index (χ0v) is 12.0. The number of hydrogen-bond donors (Lipinski definition) is 1.